The van der Waals surface area contributed by atoms with Gasteiger partial charge in [0.2, 0.25) is 0 Å². The first-order valence-electron chi connectivity index (χ1n) is 7.11. The van der Waals surface area contributed by atoms with Crippen LogP contribution in [-0.4, -0.2) is 43.7 Å². The fourth-order valence-electron chi connectivity index (χ4n) is 2.40. The van der Waals surface area contributed by atoms with Crippen LogP contribution in [-0.2, 0) is 6.42 Å². The molecule has 110 valence electrons. The zero-order valence-electron chi connectivity index (χ0n) is 11.9. The lowest BCUT2D eigenvalue weighted by molar-refractivity contribution is 0.214. The molecule has 1 aromatic rings. The quantitative estimate of drug-likeness (QED) is 0.882. The van der Waals surface area contributed by atoms with Gasteiger partial charge in [-0.25, -0.2) is 9.18 Å². The van der Waals surface area contributed by atoms with Crippen LogP contribution in [0.2, 0.25) is 0 Å². The van der Waals surface area contributed by atoms with E-state index in [-0.39, 0.29) is 17.9 Å². The second kappa shape index (κ2) is 7.24. The number of nitrogens with one attached hydrogen (secondary N) is 2. The van der Waals surface area contributed by atoms with Gasteiger partial charge in [0, 0.05) is 12.6 Å². The van der Waals surface area contributed by atoms with Crippen molar-refractivity contribution in [1.29, 1.82) is 0 Å². The molecule has 0 unspecified atom stereocenters. The molecule has 20 heavy (non-hydrogen) atoms. The predicted molar refractivity (Wildman–Crippen MR) is 77.2 cm³/mol. The van der Waals surface area contributed by atoms with E-state index in [9.17, 15) is 9.18 Å². The summed E-state index contributed by atoms with van der Waals surface area (Å²) in [6, 6.07) is 6.74. The zero-order valence-corrected chi connectivity index (χ0v) is 11.9. The van der Waals surface area contributed by atoms with Gasteiger partial charge in [0.25, 0.3) is 0 Å². The molecule has 2 N–H and O–H groups in total. The van der Waals surface area contributed by atoms with Gasteiger partial charge in [0.1, 0.15) is 5.82 Å². The lowest BCUT2D eigenvalue weighted by Gasteiger charge is -2.29. The molecule has 0 atom stereocenters. The standard InChI is InChI=1S/C15H22FN3O/c1-19-10-7-13(8-11-19)18-15(20)17-9-6-12-4-2-3-5-14(12)16/h2-5,13H,6-11H2,1H3,(H2,17,18,20). The summed E-state index contributed by atoms with van der Waals surface area (Å²) in [7, 11) is 2.09. The Balaban J connectivity index is 1.67. The highest BCUT2D eigenvalue weighted by atomic mass is 19.1. The number of carbonyl (C=O) groups excluding carboxylic acids is 1. The molecule has 0 radical (unpaired) electrons. The lowest BCUT2D eigenvalue weighted by atomic mass is 10.1. The summed E-state index contributed by atoms with van der Waals surface area (Å²) in [6.45, 7) is 2.47. The second-order valence-electron chi connectivity index (χ2n) is 5.32. The van der Waals surface area contributed by atoms with Crippen LogP contribution < -0.4 is 10.6 Å². The average molecular weight is 279 g/mol. The first kappa shape index (κ1) is 14.8. The third kappa shape index (κ3) is 4.49. The van der Waals surface area contributed by atoms with Crippen molar-refractivity contribution in [1.82, 2.24) is 15.5 Å². The summed E-state index contributed by atoms with van der Waals surface area (Å²) in [5.41, 5.74) is 0.632. The van der Waals surface area contributed by atoms with E-state index in [1.165, 1.54) is 6.07 Å². The maximum absolute atomic E-state index is 13.4. The number of hydrogen-bond acceptors (Lipinski definition) is 2. The Hall–Kier alpha value is -1.62. The van der Waals surface area contributed by atoms with Crippen molar-refractivity contribution in [2.24, 2.45) is 0 Å². The molecule has 2 amide bonds. The number of nitrogens with zero attached hydrogens (tertiary/aromatic N) is 1. The van der Waals surface area contributed by atoms with Crippen molar-refractivity contribution >= 4 is 6.03 Å². The van der Waals surface area contributed by atoms with Gasteiger partial charge in [0.05, 0.1) is 0 Å². The molecule has 2 rings (SSSR count). The van der Waals surface area contributed by atoms with Crippen LogP contribution >= 0.6 is 0 Å². The molecular weight excluding hydrogens is 257 g/mol. The van der Waals surface area contributed by atoms with E-state index in [1.54, 1.807) is 18.2 Å². The van der Waals surface area contributed by atoms with Crippen molar-refractivity contribution in [3.8, 4) is 0 Å². The second-order valence-corrected chi connectivity index (χ2v) is 5.32. The lowest BCUT2D eigenvalue weighted by Crippen LogP contribution is -2.47. The number of amides is 2. The highest BCUT2D eigenvalue weighted by molar-refractivity contribution is 5.74. The van der Waals surface area contributed by atoms with Crippen molar-refractivity contribution < 1.29 is 9.18 Å². The van der Waals surface area contributed by atoms with Gasteiger partial charge < -0.3 is 15.5 Å². The van der Waals surface area contributed by atoms with Crippen molar-refractivity contribution in [3.63, 3.8) is 0 Å². The normalized spacial score (nSPS) is 16.9. The van der Waals surface area contributed by atoms with Gasteiger partial charge in [0.15, 0.2) is 0 Å². The van der Waals surface area contributed by atoms with Crippen LogP contribution in [0.15, 0.2) is 24.3 Å². The molecule has 0 spiro atoms. The summed E-state index contributed by atoms with van der Waals surface area (Å²) in [5, 5.41) is 5.76. The van der Waals surface area contributed by atoms with Crippen LogP contribution in [0.5, 0.6) is 0 Å². The van der Waals surface area contributed by atoms with Crippen LogP contribution in [0.25, 0.3) is 0 Å². The number of rotatable bonds is 4. The molecule has 1 heterocycles. The molecule has 1 fully saturated rings. The van der Waals surface area contributed by atoms with Crippen LogP contribution in [0, 0.1) is 5.82 Å². The van der Waals surface area contributed by atoms with E-state index >= 15 is 0 Å². The Bertz CT molecular complexity index is 444. The summed E-state index contributed by atoms with van der Waals surface area (Å²) in [5.74, 6) is -0.218. The Morgan fingerprint density at radius 2 is 2.05 bits per heavy atom. The number of likely N-dealkylation sites (tertiary alicyclic amines) is 1. The number of halogens is 1. The average Bonchev–Trinajstić information content (AvgIpc) is 2.43. The fraction of sp³-hybridized carbons (Fsp3) is 0.533. The number of benzene rings is 1. The van der Waals surface area contributed by atoms with E-state index < -0.39 is 0 Å². The number of carbonyl (C=O) groups is 1. The molecule has 0 aliphatic carbocycles. The predicted octanol–water partition coefficient (Wildman–Crippen LogP) is 1.76. The molecule has 1 saturated heterocycles. The monoisotopic (exact) mass is 279 g/mol. The van der Waals surface area contributed by atoms with E-state index in [0.717, 1.165) is 25.9 Å². The summed E-state index contributed by atoms with van der Waals surface area (Å²) in [4.78, 5) is 14.0. The molecular formula is C15H22FN3O. The van der Waals surface area contributed by atoms with Crippen molar-refractivity contribution in [2.75, 3.05) is 26.7 Å². The Morgan fingerprint density at radius 1 is 1.35 bits per heavy atom. The van der Waals surface area contributed by atoms with Gasteiger partial charge in [-0.05, 0) is 51.0 Å². The van der Waals surface area contributed by atoms with Crippen LogP contribution in [0.4, 0.5) is 9.18 Å². The van der Waals surface area contributed by atoms with E-state index in [4.69, 9.17) is 0 Å². The Kier molecular flexibility index (Phi) is 5.35. The van der Waals surface area contributed by atoms with Gasteiger partial charge in [-0.1, -0.05) is 18.2 Å². The SMILES string of the molecule is CN1CCC(NC(=O)NCCc2ccccc2F)CC1. The first-order valence-corrected chi connectivity index (χ1v) is 7.11. The first-order chi connectivity index (χ1) is 9.65. The molecule has 1 aromatic carbocycles. The van der Waals surface area contributed by atoms with E-state index in [2.05, 4.69) is 22.6 Å². The minimum Gasteiger partial charge on any atom is -0.338 e. The molecule has 0 saturated carbocycles. The Labute approximate surface area is 119 Å². The molecule has 5 heteroatoms. The minimum absolute atomic E-state index is 0.157. The third-order valence-electron chi connectivity index (χ3n) is 3.69. The van der Waals surface area contributed by atoms with Gasteiger partial charge in [-0.2, -0.15) is 0 Å². The molecule has 4 nitrogen and oxygen atoms in total. The fourth-order valence-corrected chi connectivity index (χ4v) is 2.40. The summed E-state index contributed by atoms with van der Waals surface area (Å²) >= 11 is 0. The molecule has 1 aliphatic rings. The highest BCUT2D eigenvalue weighted by Gasteiger charge is 2.17. The maximum Gasteiger partial charge on any atom is 0.315 e. The smallest absolute Gasteiger partial charge is 0.315 e. The zero-order chi connectivity index (χ0) is 14.4. The van der Waals surface area contributed by atoms with E-state index in [0.29, 0.717) is 18.5 Å². The number of piperidine rings is 1. The number of urea groups is 1. The van der Waals surface area contributed by atoms with Crippen molar-refractivity contribution in [2.45, 2.75) is 25.3 Å². The Morgan fingerprint density at radius 3 is 2.75 bits per heavy atom. The molecule has 1 aliphatic heterocycles. The number of hydrogen-bond donors (Lipinski definition) is 2. The third-order valence-corrected chi connectivity index (χ3v) is 3.69. The largest absolute Gasteiger partial charge is 0.338 e. The van der Waals surface area contributed by atoms with Gasteiger partial charge in [-0.15, -0.1) is 0 Å². The highest BCUT2D eigenvalue weighted by Crippen LogP contribution is 2.08. The maximum atomic E-state index is 13.4. The van der Waals surface area contributed by atoms with Gasteiger partial charge >= 0.3 is 6.03 Å². The molecule has 0 bridgehead atoms. The van der Waals surface area contributed by atoms with Gasteiger partial charge in [-0.3, -0.25) is 0 Å². The van der Waals surface area contributed by atoms with E-state index in [1.807, 2.05) is 0 Å². The van der Waals surface area contributed by atoms with Crippen LogP contribution in [0.3, 0.4) is 0 Å². The summed E-state index contributed by atoms with van der Waals surface area (Å²) in [6.07, 6.45) is 2.47. The van der Waals surface area contributed by atoms with Crippen molar-refractivity contribution in [3.05, 3.63) is 35.6 Å². The topological polar surface area (TPSA) is 44.4 Å². The minimum atomic E-state index is -0.218. The van der Waals surface area contributed by atoms with Crippen LogP contribution in [0.1, 0.15) is 18.4 Å². The molecule has 0 aromatic heterocycles. The summed E-state index contributed by atoms with van der Waals surface area (Å²) < 4.78 is 13.4.